The highest BCUT2D eigenvalue weighted by Gasteiger charge is 1.98. The normalized spacial score (nSPS) is 9.56. The zero-order valence-electron chi connectivity index (χ0n) is 8.95. The van der Waals surface area contributed by atoms with Gasteiger partial charge in [0.1, 0.15) is 5.82 Å². The second-order valence-electron chi connectivity index (χ2n) is 2.61. The van der Waals surface area contributed by atoms with Crippen molar-refractivity contribution in [2.45, 2.75) is 11.8 Å². The molecule has 0 saturated carbocycles. The van der Waals surface area contributed by atoms with E-state index in [1.807, 2.05) is 6.92 Å². The van der Waals surface area contributed by atoms with Crippen LogP contribution in [0.4, 0.5) is 4.39 Å². The van der Waals surface area contributed by atoms with Crippen molar-refractivity contribution in [1.82, 2.24) is 0 Å². The maximum Gasteiger partial charge on any atom is 0.124 e. The van der Waals surface area contributed by atoms with Crippen LogP contribution >= 0.6 is 23.5 Å². The number of nitrogens with two attached hydrogens (primary N) is 1. The summed E-state index contributed by atoms with van der Waals surface area (Å²) < 4.78 is 17.1. The Morgan fingerprint density at radius 2 is 2.25 bits per heavy atom. The van der Waals surface area contributed by atoms with Gasteiger partial charge in [-0.2, -0.15) is 0 Å². The lowest BCUT2D eigenvalue weighted by molar-refractivity contribution is 0.102. The van der Waals surface area contributed by atoms with Crippen LogP contribution < -0.4 is 5.14 Å². The fourth-order valence-corrected chi connectivity index (χ4v) is 1.40. The Morgan fingerprint density at radius 3 is 2.62 bits per heavy atom. The van der Waals surface area contributed by atoms with Gasteiger partial charge in [0, 0.05) is 11.5 Å². The second-order valence-corrected chi connectivity index (χ2v) is 3.70. The van der Waals surface area contributed by atoms with Crippen LogP contribution in [0, 0.1) is 5.82 Å². The Kier molecular flexibility index (Phi) is 9.66. The van der Waals surface area contributed by atoms with Crippen LogP contribution in [0.1, 0.15) is 6.92 Å². The number of hydrogen-bond donors (Lipinski definition) is 2. The minimum atomic E-state index is -0.345. The molecule has 16 heavy (non-hydrogen) atoms. The predicted octanol–water partition coefficient (Wildman–Crippen LogP) is 2.46. The van der Waals surface area contributed by atoms with E-state index in [-0.39, 0.29) is 12.4 Å². The fourth-order valence-electron chi connectivity index (χ4n) is 0.780. The van der Waals surface area contributed by atoms with Gasteiger partial charge in [-0.3, -0.25) is 5.14 Å². The zero-order valence-corrected chi connectivity index (χ0v) is 10.5. The van der Waals surface area contributed by atoms with Crippen LogP contribution in [0.2, 0.25) is 5.02 Å². The Balaban J connectivity index is 0.000000325. The van der Waals surface area contributed by atoms with Crippen LogP contribution in [0.25, 0.3) is 0 Å². The molecule has 0 aromatic heterocycles. The Morgan fingerprint density at radius 1 is 1.56 bits per heavy atom. The van der Waals surface area contributed by atoms with Gasteiger partial charge in [-0.25, -0.2) is 4.39 Å². The molecular formula is C10H15ClFNO2S. The van der Waals surface area contributed by atoms with Gasteiger partial charge in [-0.15, -0.1) is 0 Å². The molecular weight excluding hydrogens is 253 g/mol. The maximum atomic E-state index is 12.3. The summed E-state index contributed by atoms with van der Waals surface area (Å²) in [6.45, 7) is 3.20. The average Bonchev–Trinajstić information content (AvgIpc) is 2.27. The molecule has 92 valence electrons. The van der Waals surface area contributed by atoms with Gasteiger partial charge in [-0.1, -0.05) is 11.6 Å². The number of aliphatic hydroxyl groups is 1. The summed E-state index contributed by atoms with van der Waals surface area (Å²) in [5.74, 6) is -0.345. The molecule has 0 saturated heterocycles. The van der Waals surface area contributed by atoms with Crippen LogP contribution in [-0.2, 0) is 4.74 Å². The Labute approximate surface area is 104 Å². The Hall–Kier alpha value is -0.330. The third-order valence-electron chi connectivity index (χ3n) is 1.46. The van der Waals surface area contributed by atoms with E-state index in [2.05, 4.69) is 0 Å². The standard InChI is InChI=1S/C6H5ClFNS.C4H10O2/c7-5-3-4(8)1-2-6(5)10-9;1-2-6-4-3-5/h1-3H,9H2;5H,2-4H2,1H3. The second kappa shape index (κ2) is 9.86. The number of ether oxygens (including phenoxy) is 1. The molecule has 1 aromatic carbocycles. The van der Waals surface area contributed by atoms with Crippen molar-refractivity contribution in [1.29, 1.82) is 0 Å². The predicted molar refractivity (Wildman–Crippen MR) is 65.0 cm³/mol. The molecule has 0 aliphatic heterocycles. The summed E-state index contributed by atoms with van der Waals surface area (Å²) in [6, 6.07) is 4.10. The monoisotopic (exact) mass is 267 g/mol. The molecule has 6 heteroatoms. The topological polar surface area (TPSA) is 55.5 Å². The van der Waals surface area contributed by atoms with Crippen LogP contribution in [0.15, 0.2) is 23.1 Å². The molecule has 0 unspecified atom stereocenters. The number of rotatable bonds is 4. The molecule has 0 spiro atoms. The van der Waals surface area contributed by atoms with Gasteiger partial charge >= 0.3 is 0 Å². The van der Waals surface area contributed by atoms with E-state index in [9.17, 15) is 4.39 Å². The number of benzene rings is 1. The molecule has 3 N–H and O–H groups in total. The summed E-state index contributed by atoms with van der Waals surface area (Å²) in [6.07, 6.45) is 0. The van der Waals surface area contributed by atoms with Crippen molar-refractivity contribution in [2.24, 2.45) is 5.14 Å². The summed E-state index contributed by atoms with van der Waals surface area (Å²) in [7, 11) is 0. The van der Waals surface area contributed by atoms with Crippen LogP contribution in [0.5, 0.6) is 0 Å². The van der Waals surface area contributed by atoms with Gasteiger partial charge < -0.3 is 9.84 Å². The van der Waals surface area contributed by atoms with Crippen molar-refractivity contribution in [3.63, 3.8) is 0 Å². The Bertz CT molecular complexity index is 298. The molecule has 0 aliphatic carbocycles. The lowest BCUT2D eigenvalue weighted by Gasteiger charge is -1.97. The van der Waals surface area contributed by atoms with Crippen LogP contribution in [0.3, 0.4) is 0 Å². The van der Waals surface area contributed by atoms with E-state index in [0.29, 0.717) is 23.1 Å². The average molecular weight is 268 g/mol. The first kappa shape index (κ1) is 15.7. The molecule has 1 aromatic rings. The van der Waals surface area contributed by atoms with Gasteiger partial charge in [0.05, 0.1) is 18.2 Å². The zero-order chi connectivity index (χ0) is 12.4. The third kappa shape index (κ3) is 7.03. The lowest BCUT2D eigenvalue weighted by Crippen LogP contribution is -1.96. The molecule has 0 atom stereocenters. The van der Waals surface area contributed by atoms with Gasteiger partial charge in [-0.05, 0) is 37.1 Å². The third-order valence-corrected chi connectivity index (χ3v) is 2.50. The number of hydrogen-bond acceptors (Lipinski definition) is 4. The highest BCUT2D eigenvalue weighted by Crippen LogP contribution is 2.23. The van der Waals surface area contributed by atoms with Crippen LogP contribution in [-0.4, -0.2) is 24.9 Å². The van der Waals surface area contributed by atoms with E-state index in [4.69, 9.17) is 26.6 Å². The first-order valence-electron chi connectivity index (χ1n) is 4.66. The van der Waals surface area contributed by atoms with E-state index < -0.39 is 0 Å². The summed E-state index contributed by atoms with van der Waals surface area (Å²) in [5, 5.41) is 13.6. The van der Waals surface area contributed by atoms with Gasteiger partial charge in [0.15, 0.2) is 0 Å². The van der Waals surface area contributed by atoms with E-state index in [1.165, 1.54) is 12.1 Å². The van der Waals surface area contributed by atoms with E-state index in [0.717, 1.165) is 11.9 Å². The summed E-state index contributed by atoms with van der Waals surface area (Å²) in [5.41, 5.74) is 0. The molecule has 0 bridgehead atoms. The first-order valence-corrected chi connectivity index (χ1v) is 5.91. The van der Waals surface area contributed by atoms with Crippen molar-refractivity contribution in [2.75, 3.05) is 19.8 Å². The highest BCUT2D eigenvalue weighted by atomic mass is 35.5. The lowest BCUT2D eigenvalue weighted by atomic mass is 10.3. The minimum Gasteiger partial charge on any atom is -0.394 e. The molecule has 0 radical (unpaired) electrons. The molecule has 0 aliphatic rings. The minimum absolute atomic E-state index is 0.133. The first-order chi connectivity index (χ1) is 7.65. The quantitative estimate of drug-likeness (QED) is 0.650. The van der Waals surface area contributed by atoms with E-state index >= 15 is 0 Å². The molecule has 0 heterocycles. The van der Waals surface area contributed by atoms with Crippen molar-refractivity contribution >= 4 is 23.5 Å². The summed E-state index contributed by atoms with van der Waals surface area (Å²) >= 11 is 6.59. The highest BCUT2D eigenvalue weighted by molar-refractivity contribution is 7.97. The molecule has 1 rings (SSSR count). The SMILES string of the molecule is CCOCCO.NSc1ccc(F)cc1Cl. The largest absolute Gasteiger partial charge is 0.394 e. The summed E-state index contributed by atoms with van der Waals surface area (Å²) in [4.78, 5) is 0.683. The molecule has 0 amide bonds. The van der Waals surface area contributed by atoms with Crippen molar-refractivity contribution < 1.29 is 14.2 Å². The molecule has 3 nitrogen and oxygen atoms in total. The number of halogens is 2. The fraction of sp³-hybridized carbons (Fsp3) is 0.400. The number of aliphatic hydroxyl groups excluding tert-OH is 1. The van der Waals surface area contributed by atoms with Gasteiger partial charge in [0.25, 0.3) is 0 Å². The van der Waals surface area contributed by atoms with E-state index in [1.54, 1.807) is 6.07 Å². The molecule has 0 fully saturated rings. The van der Waals surface area contributed by atoms with Gasteiger partial charge in [0.2, 0.25) is 0 Å². The van der Waals surface area contributed by atoms with Crippen molar-refractivity contribution in [3.8, 4) is 0 Å². The smallest absolute Gasteiger partial charge is 0.124 e. The maximum absolute atomic E-state index is 12.3. The van der Waals surface area contributed by atoms with Crippen molar-refractivity contribution in [3.05, 3.63) is 29.0 Å².